The van der Waals surface area contributed by atoms with Gasteiger partial charge in [-0.2, -0.15) is 13.2 Å². The number of ether oxygens (including phenoxy) is 2. The summed E-state index contributed by atoms with van der Waals surface area (Å²) >= 11 is 1.95. The van der Waals surface area contributed by atoms with Crippen molar-refractivity contribution in [3.8, 4) is 28.3 Å². The van der Waals surface area contributed by atoms with Gasteiger partial charge in [0.25, 0.3) is 5.56 Å². The van der Waals surface area contributed by atoms with Gasteiger partial charge in [-0.15, -0.1) is 0 Å². The van der Waals surface area contributed by atoms with Crippen molar-refractivity contribution in [2.24, 2.45) is 0 Å². The van der Waals surface area contributed by atoms with Gasteiger partial charge in [-0.3, -0.25) is 9.36 Å². The van der Waals surface area contributed by atoms with Gasteiger partial charge in [0.15, 0.2) is 0 Å². The Morgan fingerprint density at radius 1 is 0.968 bits per heavy atom. The number of aromatic nitrogens is 1. The zero-order valence-electron chi connectivity index (χ0n) is 16.8. The topological polar surface area (TPSA) is 40.5 Å². The van der Waals surface area contributed by atoms with E-state index in [1.165, 1.54) is 32.5 Å². The van der Waals surface area contributed by atoms with E-state index in [4.69, 9.17) is 9.47 Å². The van der Waals surface area contributed by atoms with Crippen LogP contribution in [0.5, 0.6) is 11.5 Å². The van der Waals surface area contributed by atoms with Crippen LogP contribution in [0.15, 0.2) is 47.4 Å². The summed E-state index contributed by atoms with van der Waals surface area (Å²) in [5, 5.41) is 0. The SMILES string of the molecule is COc1cc(OC)cc(-c2cn(-c3cc(I)ccc3C(F)(F)F)c(=O)c3c2CCC3)c1. The first-order valence-electron chi connectivity index (χ1n) is 9.61. The standard InChI is InChI=1S/C23H19F3INO3/c1-30-15-8-13(9-16(11-15)31-2)19-12-28(22(29)18-5-3-4-17(18)19)21-10-14(27)6-7-20(21)23(24,25)26/h6-12H,3-5H2,1-2H3. The van der Waals surface area contributed by atoms with Crippen molar-refractivity contribution in [2.45, 2.75) is 25.4 Å². The van der Waals surface area contributed by atoms with Gasteiger partial charge in [0.2, 0.25) is 0 Å². The van der Waals surface area contributed by atoms with E-state index in [1.807, 2.05) is 22.6 Å². The molecule has 3 aromatic rings. The smallest absolute Gasteiger partial charge is 0.418 e. The molecular formula is C23H19F3INO3. The molecule has 0 aliphatic heterocycles. The fourth-order valence-electron chi connectivity index (χ4n) is 4.02. The van der Waals surface area contributed by atoms with Gasteiger partial charge >= 0.3 is 6.18 Å². The molecule has 4 nitrogen and oxygen atoms in total. The van der Waals surface area contributed by atoms with Crippen LogP contribution in [0.25, 0.3) is 16.8 Å². The molecular weight excluding hydrogens is 522 g/mol. The Kier molecular flexibility index (Phi) is 5.76. The molecule has 162 valence electrons. The summed E-state index contributed by atoms with van der Waals surface area (Å²) in [6, 6.07) is 9.11. The first-order chi connectivity index (χ1) is 14.7. The molecule has 31 heavy (non-hydrogen) atoms. The maximum Gasteiger partial charge on any atom is 0.418 e. The van der Waals surface area contributed by atoms with Crippen LogP contribution >= 0.6 is 22.6 Å². The highest BCUT2D eigenvalue weighted by molar-refractivity contribution is 14.1. The van der Waals surface area contributed by atoms with E-state index in [-0.39, 0.29) is 5.69 Å². The summed E-state index contributed by atoms with van der Waals surface area (Å²) in [4.78, 5) is 13.2. The molecule has 0 bridgehead atoms. The van der Waals surface area contributed by atoms with E-state index in [0.717, 1.165) is 28.2 Å². The van der Waals surface area contributed by atoms with Crippen LogP contribution in [-0.2, 0) is 19.0 Å². The number of nitrogens with zero attached hydrogens (tertiary/aromatic N) is 1. The summed E-state index contributed by atoms with van der Waals surface area (Å²) in [6.45, 7) is 0. The first kappa shape index (κ1) is 21.7. The molecule has 0 saturated carbocycles. The van der Waals surface area contributed by atoms with Crippen molar-refractivity contribution in [3.63, 3.8) is 0 Å². The number of pyridine rings is 1. The second-order valence-electron chi connectivity index (χ2n) is 7.29. The molecule has 1 heterocycles. The highest BCUT2D eigenvalue weighted by Gasteiger charge is 2.35. The van der Waals surface area contributed by atoms with Crippen molar-refractivity contribution < 1.29 is 22.6 Å². The molecule has 0 fully saturated rings. The van der Waals surface area contributed by atoms with E-state index in [1.54, 1.807) is 18.2 Å². The lowest BCUT2D eigenvalue weighted by Crippen LogP contribution is -2.25. The molecule has 0 radical (unpaired) electrons. The van der Waals surface area contributed by atoms with E-state index >= 15 is 0 Å². The second-order valence-corrected chi connectivity index (χ2v) is 8.53. The van der Waals surface area contributed by atoms with Gasteiger partial charge in [-0.05, 0) is 83.3 Å². The molecule has 4 rings (SSSR count). The maximum absolute atomic E-state index is 13.7. The lowest BCUT2D eigenvalue weighted by molar-refractivity contribution is -0.137. The Hall–Kier alpha value is -2.49. The average Bonchev–Trinajstić information content (AvgIpc) is 3.23. The summed E-state index contributed by atoms with van der Waals surface area (Å²) < 4.78 is 53.7. The second kappa shape index (κ2) is 8.22. The van der Waals surface area contributed by atoms with E-state index in [2.05, 4.69) is 0 Å². The van der Waals surface area contributed by atoms with Crippen molar-refractivity contribution in [1.29, 1.82) is 0 Å². The number of fused-ring (bicyclic) bond motifs is 1. The Morgan fingerprint density at radius 2 is 1.61 bits per heavy atom. The zero-order chi connectivity index (χ0) is 22.3. The maximum atomic E-state index is 13.7. The number of rotatable bonds is 4. The summed E-state index contributed by atoms with van der Waals surface area (Å²) in [5.41, 5.74) is 1.44. The van der Waals surface area contributed by atoms with Gasteiger partial charge in [-0.25, -0.2) is 0 Å². The van der Waals surface area contributed by atoms with E-state index in [0.29, 0.717) is 39.0 Å². The minimum Gasteiger partial charge on any atom is -0.497 e. The van der Waals surface area contributed by atoms with Gasteiger partial charge < -0.3 is 9.47 Å². The van der Waals surface area contributed by atoms with Crippen LogP contribution in [0.3, 0.4) is 0 Å². The van der Waals surface area contributed by atoms with Crippen LogP contribution in [0.4, 0.5) is 13.2 Å². The number of hydrogen-bond acceptors (Lipinski definition) is 3. The molecule has 1 aliphatic carbocycles. The molecule has 2 aromatic carbocycles. The number of hydrogen-bond donors (Lipinski definition) is 0. The number of halogens is 4. The Balaban J connectivity index is 2.03. The zero-order valence-corrected chi connectivity index (χ0v) is 19.0. The number of alkyl halides is 3. The fourth-order valence-corrected chi connectivity index (χ4v) is 4.50. The summed E-state index contributed by atoms with van der Waals surface area (Å²) in [7, 11) is 3.07. The van der Waals surface area contributed by atoms with Crippen LogP contribution in [0, 0.1) is 3.57 Å². The quantitative estimate of drug-likeness (QED) is 0.402. The third-order valence-corrected chi connectivity index (χ3v) is 6.14. The van der Waals surface area contributed by atoms with E-state index < -0.39 is 17.3 Å². The molecule has 0 unspecified atom stereocenters. The highest BCUT2D eigenvalue weighted by Crippen LogP contribution is 2.38. The average molecular weight is 541 g/mol. The summed E-state index contributed by atoms with van der Waals surface area (Å²) in [5.74, 6) is 1.12. The Labute approximate surface area is 190 Å². The first-order valence-corrected chi connectivity index (χ1v) is 10.7. The van der Waals surface area contributed by atoms with Crippen molar-refractivity contribution in [2.75, 3.05) is 14.2 Å². The molecule has 0 saturated heterocycles. The minimum absolute atomic E-state index is 0.171. The predicted molar refractivity (Wildman–Crippen MR) is 120 cm³/mol. The van der Waals surface area contributed by atoms with Crippen molar-refractivity contribution in [3.05, 3.63) is 73.2 Å². The third kappa shape index (κ3) is 4.05. The van der Waals surface area contributed by atoms with E-state index in [9.17, 15) is 18.0 Å². The molecule has 0 spiro atoms. The predicted octanol–water partition coefficient (Wildman–Crippen LogP) is 5.63. The number of methoxy groups -OCH3 is 2. The van der Waals surface area contributed by atoms with Crippen LogP contribution in [0.2, 0.25) is 0 Å². The monoisotopic (exact) mass is 541 g/mol. The normalized spacial score (nSPS) is 13.2. The third-order valence-electron chi connectivity index (χ3n) is 5.47. The van der Waals surface area contributed by atoms with Gasteiger partial charge in [0.1, 0.15) is 11.5 Å². The molecule has 1 aromatic heterocycles. The Morgan fingerprint density at radius 3 is 2.23 bits per heavy atom. The van der Waals surface area contributed by atoms with Gasteiger partial charge in [-0.1, -0.05) is 0 Å². The molecule has 0 amide bonds. The van der Waals surface area contributed by atoms with Crippen molar-refractivity contribution in [1.82, 2.24) is 4.57 Å². The van der Waals surface area contributed by atoms with Crippen LogP contribution in [0.1, 0.15) is 23.1 Å². The minimum atomic E-state index is -4.59. The lowest BCUT2D eigenvalue weighted by Gasteiger charge is -2.19. The summed E-state index contributed by atoms with van der Waals surface area (Å²) in [6.07, 6.45) is -1.06. The largest absolute Gasteiger partial charge is 0.497 e. The van der Waals surface area contributed by atoms with Crippen LogP contribution < -0.4 is 15.0 Å². The van der Waals surface area contributed by atoms with Crippen molar-refractivity contribution >= 4 is 22.6 Å². The molecule has 0 atom stereocenters. The number of benzene rings is 2. The molecule has 8 heteroatoms. The molecule has 0 N–H and O–H groups in total. The molecule has 1 aliphatic rings. The highest BCUT2D eigenvalue weighted by atomic mass is 127. The lowest BCUT2D eigenvalue weighted by atomic mass is 9.98. The van der Waals surface area contributed by atoms with Gasteiger partial charge in [0.05, 0.1) is 25.5 Å². The van der Waals surface area contributed by atoms with Gasteiger partial charge in [0, 0.05) is 27.0 Å². The fraction of sp³-hybridized carbons (Fsp3) is 0.261. The van der Waals surface area contributed by atoms with Crippen LogP contribution in [-0.4, -0.2) is 18.8 Å². The Bertz CT molecular complexity index is 1200.